The number of carbonyl (C=O) groups is 1. The summed E-state index contributed by atoms with van der Waals surface area (Å²) in [5, 5.41) is 12.3. The Kier molecular flexibility index (Phi) is 4.55. The van der Waals surface area contributed by atoms with Crippen molar-refractivity contribution in [2.75, 3.05) is 0 Å². The first-order valence-corrected chi connectivity index (χ1v) is 6.29. The summed E-state index contributed by atoms with van der Waals surface area (Å²) in [5.74, 6) is -0.159. The maximum Gasteiger partial charge on any atom is 0.251 e. The van der Waals surface area contributed by atoms with Gasteiger partial charge in [-0.2, -0.15) is 0 Å². The Balaban J connectivity index is 1.96. The summed E-state index contributed by atoms with van der Waals surface area (Å²) in [4.78, 5) is 11.9. The molecule has 0 saturated heterocycles. The fraction of sp³-hybridized carbons (Fsp3) is 0.133. The summed E-state index contributed by atoms with van der Waals surface area (Å²) >= 11 is 5.84. The Morgan fingerprint density at radius 2 is 1.79 bits per heavy atom. The Hall–Kier alpha value is -1.84. The molecule has 0 radical (unpaired) electrons. The van der Waals surface area contributed by atoms with Gasteiger partial charge in [0.2, 0.25) is 0 Å². The molecule has 0 aromatic heterocycles. The Morgan fingerprint density at radius 3 is 2.42 bits per heavy atom. The molecule has 4 heteroatoms. The molecule has 0 aliphatic carbocycles. The van der Waals surface area contributed by atoms with E-state index in [1.165, 1.54) is 0 Å². The molecule has 0 spiro atoms. The van der Waals surface area contributed by atoms with Crippen LogP contribution in [0.1, 0.15) is 21.5 Å². The maximum atomic E-state index is 11.9. The minimum Gasteiger partial charge on any atom is -0.392 e. The van der Waals surface area contributed by atoms with Crippen molar-refractivity contribution in [3.05, 3.63) is 70.2 Å². The number of aliphatic hydroxyl groups is 1. The molecule has 3 nitrogen and oxygen atoms in total. The number of hydrogen-bond acceptors (Lipinski definition) is 2. The molecule has 0 aliphatic rings. The van der Waals surface area contributed by atoms with Crippen LogP contribution in [0.4, 0.5) is 0 Å². The fourth-order valence-corrected chi connectivity index (χ4v) is 1.87. The van der Waals surface area contributed by atoms with Gasteiger partial charge in [0.05, 0.1) is 6.61 Å². The van der Waals surface area contributed by atoms with E-state index in [1.807, 2.05) is 24.3 Å². The zero-order chi connectivity index (χ0) is 13.7. The van der Waals surface area contributed by atoms with Crippen molar-refractivity contribution in [2.45, 2.75) is 13.2 Å². The molecule has 2 aromatic carbocycles. The van der Waals surface area contributed by atoms with Gasteiger partial charge in [0.15, 0.2) is 0 Å². The van der Waals surface area contributed by atoms with Gasteiger partial charge in [0.25, 0.3) is 5.91 Å². The van der Waals surface area contributed by atoms with Crippen molar-refractivity contribution in [3.63, 3.8) is 0 Å². The number of nitrogens with one attached hydrogen (secondary N) is 1. The second-order valence-electron chi connectivity index (χ2n) is 4.17. The predicted octanol–water partition coefficient (Wildman–Crippen LogP) is 2.76. The van der Waals surface area contributed by atoms with E-state index in [2.05, 4.69) is 5.32 Å². The molecule has 0 unspecified atom stereocenters. The number of hydrogen-bond donors (Lipinski definition) is 2. The minimum atomic E-state index is -0.159. The van der Waals surface area contributed by atoms with Gasteiger partial charge in [-0.25, -0.2) is 0 Å². The molecule has 0 aliphatic heterocycles. The second kappa shape index (κ2) is 6.36. The molecule has 2 N–H and O–H groups in total. The van der Waals surface area contributed by atoms with E-state index in [4.69, 9.17) is 16.7 Å². The molecule has 0 heterocycles. The van der Waals surface area contributed by atoms with Crippen LogP contribution in [0.3, 0.4) is 0 Å². The zero-order valence-electron chi connectivity index (χ0n) is 10.3. The second-order valence-corrected chi connectivity index (χ2v) is 4.60. The third-order valence-corrected chi connectivity index (χ3v) is 2.98. The van der Waals surface area contributed by atoms with Crippen molar-refractivity contribution in [3.8, 4) is 0 Å². The maximum absolute atomic E-state index is 11.9. The summed E-state index contributed by atoms with van der Waals surface area (Å²) in [6.07, 6.45) is 0. The smallest absolute Gasteiger partial charge is 0.251 e. The first-order chi connectivity index (χ1) is 9.19. The quantitative estimate of drug-likeness (QED) is 0.901. The summed E-state index contributed by atoms with van der Waals surface area (Å²) in [5.41, 5.74) is 2.37. The molecule has 0 fully saturated rings. The largest absolute Gasteiger partial charge is 0.392 e. The van der Waals surface area contributed by atoms with Crippen LogP contribution in [0.15, 0.2) is 48.5 Å². The predicted molar refractivity (Wildman–Crippen MR) is 75.0 cm³/mol. The van der Waals surface area contributed by atoms with Gasteiger partial charge in [0.1, 0.15) is 0 Å². The normalized spacial score (nSPS) is 10.2. The molecular formula is C15H14ClNO2. The van der Waals surface area contributed by atoms with E-state index in [9.17, 15) is 4.79 Å². The fourth-order valence-electron chi connectivity index (χ4n) is 1.68. The van der Waals surface area contributed by atoms with Crippen LogP contribution in [0.25, 0.3) is 0 Å². The van der Waals surface area contributed by atoms with Gasteiger partial charge in [-0.15, -0.1) is 0 Å². The topological polar surface area (TPSA) is 49.3 Å². The molecule has 0 atom stereocenters. The molecule has 0 saturated carbocycles. The lowest BCUT2D eigenvalue weighted by molar-refractivity contribution is 0.0951. The SMILES string of the molecule is O=C(NCc1ccc(CO)cc1)c1cccc(Cl)c1. The van der Waals surface area contributed by atoms with Crippen LogP contribution < -0.4 is 5.32 Å². The number of aliphatic hydroxyl groups excluding tert-OH is 1. The number of carbonyl (C=O) groups excluding carboxylic acids is 1. The number of rotatable bonds is 4. The van der Waals surface area contributed by atoms with Gasteiger partial charge in [-0.05, 0) is 29.3 Å². The molecule has 98 valence electrons. The van der Waals surface area contributed by atoms with E-state index in [-0.39, 0.29) is 12.5 Å². The molecule has 2 rings (SSSR count). The Bertz CT molecular complexity index is 567. The first kappa shape index (κ1) is 13.6. The van der Waals surface area contributed by atoms with E-state index in [0.717, 1.165) is 11.1 Å². The van der Waals surface area contributed by atoms with Crippen LogP contribution in [0.2, 0.25) is 5.02 Å². The van der Waals surface area contributed by atoms with Crippen molar-refractivity contribution < 1.29 is 9.90 Å². The first-order valence-electron chi connectivity index (χ1n) is 5.91. The van der Waals surface area contributed by atoms with Crippen LogP contribution in [-0.4, -0.2) is 11.0 Å². The summed E-state index contributed by atoms with van der Waals surface area (Å²) in [6, 6.07) is 14.2. The highest BCUT2D eigenvalue weighted by Gasteiger charge is 2.05. The molecule has 1 amide bonds. The van der Waals surface area contributed by atoms with Gasteiger partial charge in [0, 0.05) is 17.1 Å². The number of benzene rings is 2. The van der Waals surface area contributed by atoms with Gasteiger partial charge >= 0.3 is 0 Å². The molecular weight excluding hydrogens is 262 g/mol. The average molecular weight is 276 g/mol. The lowest BCUT2D eigenvalue weighted by atomic mass is 10.1. The lowest BCUT2D eigenvalue weighted by Crippen LogP contribution is -2.22. The minimum absolute atomic E-state index is 0.0230. The standard InChI is InChI=1S/C15H14ClNO2/c16-14-3-1-2-13(8-14)15(19)17-9-11-4-6-12(10-18)7-5-11/h1-8,18H,9-10H2,(H,17,19). The summed E-state index contributed by atoms with van der Waals surface area (Å²) in [6.45, 7) is 0.464. The summed E-state index contributed by atoms with van der Waals surface area (Å²) in [7, 11) is 0. The average Bonchev–Trinajstić information content (AvgIpc) is 2.45. The lowest BCUT2D eigenvalue weighted by Gasteiger charge is -2.06. The monoisotopic (exact) mass is 275 g/mol. The van der Waals surface area contributed by atoms with Crippen molar-refractivity contribution >= 4 is 17.5 Å². The van der Waals surface area contributed by atoms with E-state index < -0.39 is 0 Å². The van der Waals surface area contributed by atoms with Crippen LogP contribution in [-0.2, 0) is 13.2 Å². The number of amides is 1. The molecule has 0 bridgehead atoms. The Morgan fingerprint density at radius 1 is 1.11 bits per heavy atom. The highest BCUT2D eigenvalue weighted by atomic mass is 35.5. The van der Waals surface area contributed by atoms with Gasteiger partial charge in [-0.3, -0.25) is 4.79 Å². The van der Waals surface area contributed by atoms with E-state index in [1.54, 1.807) is 24.3 Å². The number of halogens is 1. The molecule has 2 aromatic rings. The third kappa shape index (κ3) is 3.81. The Labute approximate surface area is 116 Å². The highest BCUT2D eigenvalue weighted by Crippen LogP contribution is 2.11. The van der Waals surface area contributed by atoms with E-state index >= 15 is 0 Å². The highest BCUT2D eigenvalue weighted by molar-refractivity contribution is 6.30. The molecule has 19 heavy (non-hydrogen) atoms. The van der Waals surface area contributed by atoms with Crippen molar-refractivity contribution in [2.24, 2.45) is 0 Å². The van der Waals surface area contributed by atoms with Gasteiger partial charge < -0.3 is 10.4 Å². The third-order valence-electron chi connectivity index (χ3n) is 2.75. The van der Waals surface area contributed by atoms with Crippen molar-refractivity contribution in [1.82, 2.24) is 5.32 Å². The van der Waals surface area contributed by atoms with Crippen LogP contribution in [0.5, 0.6) is 0 Å². The van der Waals surface area contributed by atoms with Gasteiger partial charge in [-0.1, -0.05) is 41.9 Å². The summed E-state index contributed by atoms with van der Waals surface area (Å²) < 4.78 is 0. The van der Waals surface area contributed by atoms with Crippen LogP contribution in [0, 0.1) is 0 Å². The van der Waals surface area contributed by atoms with E-state index in [0.29, 0.717) is 17.1 Å². The van der Waals surface area contributed by atoms with Crippen molar-refractivity contribution in [1.29, 1.82) is 0 Å². The zero-order valence-corrected chi connectivity index (χ0v) is 11.0. The van der Waals surface area contributed by atoms with Crippen LogP contribution >= 0.6 is 11.6 Å².